The summed E-state index contributed by atoms with van der Waals surface area (Å²) in [6, 6.07) is 5.96. The van der Waals surface area contributed by atoms with Gasteiger partial charge in [-0.1, -0.05) is 12.1 Å². The van der Waals surface area contributed by atoms with E-state index in [0.29, 0.717) is 32.4 Å². The molecule has 0 spiro atoms. The minimum absolute atomic E-state index is 0.0211. The summed E-state index contributed by atoms with van der Waals surface area (Å²) in [4.78, 5) is 26.0. The standard InChI is InChI=1S/C17H22FN3O3/c1-24-17(23)12-6-8-21(9-7-12)16(22)15-10-14(19-20-15)11-2-4-13(18)5-3-11/h2-5,12,14-15,19-20H,6-10H2,1H3. The number of likely N-dealkylation sites (tertiary alicyclic amines) is 1. The van der Waals surface area contributed by atoms with Gasteiger partial charge in [0.2, 0.25) is 5.91 Å². The zero-order valence-electron chi connectivity index (χ0n) is 13.6. The minimum Gasteiger partial charge on any atom is -0.469 e. The van der Waals surface area contributed by atoms with Crippen molar-refractivity contribution in [3.05, 3.63) is 35.6 Å². The van der Waals surface area contributed by atoms with Gasteiger partial charge in [0.15, 0.2) is 0 Å². The Kier molecular flexibility index (Phi) is 5.11. The van der Waals surface area contributed by atoms with Gasteiger partial charge in [-0.15, -0.1) is 0 Å². The second-order valence-corrected chi connectivity index (χ2v) is 6.30. The van der Waals surface area contributed by atoms with E-state index < -0.39 is 0 Å². The Morgan fingerprint density at radius 3 is 2.46 bits per heavy atom. The second kappa shape index (κ2) is 7.27. The van der Waals surface area contributed by atoms with Crippen LogP contribution in [0.2, 0.25) is 0 Å². The average Bonchev–Trinajstić information content (AvgIpc) is 3.11. The Morgan fingerprint density at radius 2 is 1.83 bits per heavy atom. The van der Waals surface area contributed by atoms with Crippen molar-refractivity contribution < 1.29 is 18.7 Å². The number of ether oxygens (including phenoxy) is 1. The molecule has 0 aromatic heterocycles. The maximum atomic E-state index is 13.0. The molecule has 2 saturated heterocycles. The van der Waals surface area contributed by atoms with Crippen LogP contribution in [-0.2, 0) is 14.3 Å². The van der Waals surface area contributed by atoms with Gasteiger partial charge in [-0.2, -0.15) is 0 Å². The molecular weight excluding hydrogens is 313 g/mol. The van der Waals surface area contributed by atoms with E-state index in [4.69, 9.17) is 4.74 Å². The summed E-state index contributed by atoms with van der Waals surface area (Å²) in [6.07, 6.45) is 1.89. The summed E-state index contributed by atoms with van der Waals surface area (Å²) >= 11 is 0. The monoisotopic (exact) mass is 335 g/mol. The molecule has 1 amide bonds. The molecular formula is C17H22FN3O3. The summed E-state index contributed by atoms with van der Waals surface area (Å²) in [5, 5.41) is 0. The molecule has 0 aliphatic carbocycles. The van der Waals surface area contributed by atoms with Crippen molar-refractivity contribution in [3.8, 4) is 0 Å². The zero-order valence-corrected chi connectivity index (χ0v) is 13.6. The number of nitrogens with one attached hydrogen (secondary N) is 2. The molecule has 1 aromatic carbocycles. The SMILES string of the molecule is COC(=O)C1CCN(C(=O)C2CC(c3ccc(F)cc3)NN2)CC1. The third-order valence-corrected chi connectivity index (χ3v) is 4.81. The first kappa shape index (κ1) is 16.9. The average molecular weight is 335 g/mol. The molecule has 1 aromatic rings. The molecule has 2 atom stereocenters. The lowest BCUT2D eigenvalue weighted by Gasteiger charge is -2.32. The van der Waals surface area contributed by atoms with Crippen molar-refractivity contribution in [2.75, 3.05) is 20.2 Å². The van der Waals surface area contributed by atoms with Gasteiger partial charge in [-0.3, -0.25) is 9.59 Å². The molecule has 0 radical (unpaired) electrons. The number of carbonyl (C=O) groups excluding carboxylic acids is 2. The normalized spacial score (nSPS) is 24.8. The number of hydrogen-bond donors (Lipinski definition) is 2. The van der Waals surface area contributed by atoms with Gasteiger partial charge in [-0.05, 0) is 37.0 Å². The maximum Gasteiger partial charge on any atom is 0.308 e. The third kappa shape index (κ3) is 3.57. The highest BCUT2D eigenvalue weighted by Crippen LogP contribution is 2.25. The molecule has 2 unspecified atom stereocenters. The molecule has 3 rings (SSSR count). The van der Waals surface area contributed by atoms with E-state index in [1.807, 2.05) is 0 Å². The number of halogens is 1. The van der Waals surface area contributed by atoms with Crippen molar-refractivity contribution in [2.45, 2.75) is 31.3 Å². The Bertz CT molecular complexity index is 600. The van der Waals surface area contributed by atoms with E-state index in [9.17, 15) is 14.0 Å². The first-order chi connectivity index (χ1) is 11.6. The van der Waals surface area contributed by atoms with Crippen molar-refractivity contribution in [1.29, 1.82) is 0 Å². The molecule has 130 valence electrons. The Hall–Kier alpha value is -1.99. The van der Waals surface area contributed by atoms with Crippen molar-refractivity contribution in [2.24, 2.45) is 5.92 Å². The van der Waals surface area contributed by atoms with Gasteiger partial charge in [0.25, 0.3) is 0 Å². The molecule has 6 nitrogen and oxygen atoms in total. The number of piperidine rings is 1. The molecule has 0 saturated carbocycles. The van der Waals surface area contributed by atoms with Crippen LogP contribution in [-0.4, -0.2) is 43.0 Å². The van der Waals surface area contributed by atoms with Gasteiger partial charge in [0.1, 0.15) is 11.9 Å². The fraction of sp³-hybridized carbons (Fsp3) is 0.529. The Balaban J connectivity index is 1.53. The number of benzene rings is 1. The first-order valence-corrected chi connectivity index (χ1v) is 8.21. The summed E-state index contributed by atoms with van der Waals surface area (Å²) < 4.78 is 17.8. The van der Waals surface area contributed by atoms with Crippen molar-refractivity contribution in [1.82, 2.24) is 15.8 Å². The lowest BCUT2D eigenvalue weighted by Crippen LogP contribution is -2.49. The van der Waals surface area contributed by atoms with Crippen LogP contribution in [0.15, 0.2) is 24.3 Å². The summed E-state index contributed by atoms with van der Waals surface area (Å²) in [6.45, 7) is 1.13. The molecule has 2 fully saturated rings. The molecule has 2 aliphatic rings. The van der Waals surface area contributed by atoms with Crippen LogP contribution in [0.5, 0.6) is 0 Å². The largest absolute Gasteiger partial charge is 0.469 e. The number of hydrazine groups is 1. The summed E-state index contributed by atoms with van der Waals surface area (Å²) in [5.74, 6) is -0.541. The summed E-state index contributed by atoms with van der Waals surface area (Å²) in [5.41, 5.74) is 7.09. The van der Waals surface area contributed by atoms with Crippen LogP contribution in [0.1, 0.15) is 30.9 Å². The zero-order chi connectivity index (χ0) is 17.1. The quantitative estimate of drug-likeness (QED) is 0.811. The van der Waals surface area contributed by atoms with E-state index in [-0.39, 0.29) is 35.7 Å². The summed E-state index contributed by atoms with van der Waals surface area (Å²) in [7, 11) is 1.39. The topological polar surface area (TPSA) is 70.7 Å². The van der Waals surface area contributed by atoms with Gasteiger partial charge in [0.05, 0.1) is 13.0 Å². The minimum atomic E-state index is -0.310. The van der Waals surface area contributed by atoms with Gasteiger partial charge >= 0.3 is 5.97 Å². The number of amides is 1. The first-order valence-electron chi connectivity index (χ1n) is 8.21. The lowest BCUT2D eigenvalue weighted by molar-refractivity contribution is -0.149. The number of carbonyl (C=O) groups is 2. The number of nitrogens with zero attached hydrogens (tertiary/aromatic N) is 1. The van der Waals surface area contributed by atoms with E-state index in [0.717, 1.165) is 5.56 Å². The smallest absolute Gasteiger partial charge is 0.308 e. The van der Waals surface area contributed by atoms with Crippen LogP contribution < -0.4 is 10.9 Å². The molecule has 0 bridgehead atoms. The molecule has 2 heterocycles. The van der Waals surface area contributed by atoms with Crippen LogP contribution in [0.25, 0.3) is 0 Å². The van der Waals surface area contributed by atoms with Crippen LogP contribution in [0.4, 0.5) is 4.39 Å². The highest BCUT2D eigenvalue weighted by molar-refractivity contribution is 5.82. The third-order valence-electron chi connectivity index (χ3n) is 4.81. The van der Waals surface area contributed by atoms with Crippen LogP contribution >= 0.6 is 0 Å². The fourth-order valence-corrected chi connectivity index (χ4v) is 3.35. The molecule has 2 N–H and O–H groups in total. The number of methoxy groups -OCH3 is 1. The van der Waals surface area contributed by atoms with Crippen LogP contribution in [0.3, 0.4) is 0 Å². The van der Waals surface area contributed by atoms with E-state index in [1.165, 1.54) is 19.2 Å². The van der Waals surface area contributed by atoms with Gasteiger partial charge < -0.3 is 9.64 Å². The Morgan fingerprint density at radius 1 is 1.17 bits per heavy atom. The lowest BCUT2D eigenvalue weighted by atomic mass is 9.95. The highest BCUT2D eigenvalue weighted by Gasteiger charge is 2.35. The Labute approximate surface area is 140 Å². The van der Waals surface area contributed by atoms with Gasteiger partial charge in [-0.25, -0.2) is 15.2 Å². The second-order valence-electron chi connectivity index (χ2n) is 6.30. The van der Waals surface area contributed by atoms with E-state index in [2.05, 4.69) is 10.9 Å². The van der Waals surface area contributed by atoms with Gasteiger partial charge in [0, 0.05) is 19.1 Å². The van der Waals surface area contributed by atoms with E-state index in [1.54, 1.807) is 17.0 Å². The highest BCUT2D eigenvalue weighted by atomic mass is 19.1. The number of esters is 1. The maximum absolute atomic E-state index is 13.0. The predicted molar refractivity (Wildman–Crippen MR) is 85.1 cm³/mol. The van der Waals surface area contributed by atoms with Crippen LogP contribution in [0, 0.1) is 11.7 Å². The predicted octanol–water partition coefficient (Wildman–Crippen LogP) is 1.14. The molecule has 24 heavy (non-hydrogen) atoms. The van der Waals surface area contributed by atoms with Crippen molar-refractivity contribution in [3.63, 3.8) is 0 Å². The fourth-order valence-electron chi connectivity index (χ4n) is 3.35. The van der Waals surface area contributed by atoms with E-state index >= 15 is 0 Å². The van der Waals surface area contributed by atoms with Crippen molar-refractivity contribution >= 4 is 11.9 Å². The molecule has 7 heteroatoms. The molecule has 2 aliphatic heterocycles. The number of rotatable bonds is 3. The number of hydrogen-bond acceptors (Lipinski definition) is 5.